The fourth-order valence-electron chi connectivity index (χ4n) is 3.04. The summed E-state index contributed by atoms with van der Waals surface area (Å²) in [5.74, 6) is 0.916. The Balaban J connectivity index is 1.51. The molecule has 0 aliphatic carbocycles. The summed E-state index contributed by atoms with van der Waals surface area (Å²) in [6.07, 6.45) is 2.46. The van der Waals surface area contributed by atoms with E-state index in [0.29, 0.717) is 10.8 Å². The second-order valence-electron chi connectivity index (χ2n) is 6.70. The third kappa shape index (κ3) is 5.79. The Hall–Kier alpha value is -2.41. The number of thiocarbonyl (C=S) groups is 1. The molecule has 0 radical (unpaired) electrons. The SMILES string of the molecule is CC1CCN(c2ccc(NC(=S)Nc3ccc(OC(F)F)cc3)cc2)CC1. The molecule has 0 amide bonds. The number of piperidine rings is 1. The second kappa shape index (κ2) is 8.99. The largest absolute Gasteiger partial charge is 0.435 e. The van der Waals surface area contributed by atoms with Crippen LogP contribution in [0.3, 0.4) is 0 Å². The smallest absolute Gasteiger partial charge is 0.387 e. The standard InChI is InChI=1S/C20H23F2N3OS/c1-14-10-12-25(13-11-14)17-6-2-15(3-7-17)23-20(27)24-16-4-8-18(9-5-16)26-19(21)22/h2-9,14,19H,10-13H2,1H3,(H2,23,24,27). The van der Waals surface area contributed by atoms with E-state index in [0.717, 1.165) is 24.7 Å². The highest BCUT2D eigenvalue weighted by atomic mass is 32.1. The van der Waals surface area contributed by atoms with E-state index < -0.39 is 6.61 Å². The van der Waals surface area contributed by atoms with Crippen LogP contribution in [0.1, 0.15) is 19.8 Å². The molecular formula is C20H23F2N3OS. The third-order valence-electron chi connectivity index (χ3n) is 4.61. The zero-order valence-electron chi connectivity index (χ0n) is 15.1. The highest BCUT2D eigenvalue weighted by molar-refractivity contribution is 7.80. The maximum absolute atomic E-state index is 12.2. The van der Waals surface area contributed by atoms with Crippen molar-refractivity contribution in [1.82, 2.24) is 0 Å². The number of hydrogen-bond donors (Lipinski definition) is 2. The first-order chi connectivity index (χ1) is 13.0. The van der Waals surface area contributed by atoms with Crippen molar-refractivity contribution in [3.63, 3.8) is 0 Å². The summed E-state index contributed by atoms with van der Waals surface area (Å²) in [7, 11) is 0. The van der Waals surface area contributed by atoms with Crippen molar-refractivity contribution < 1.29 is 13.5 Å². The zero-order chi connectivity index (χ0) is 19.2. The van der Waals surface area contributed by atoms with Gasteiger partial charge in [0.05, 0.1) is 0 Å². The average Bonchev–Trinajstić information content (AvgIpc) is 2.64. The minimum atomic E-state index is -2.83. The van der Waals surface area contributed by atoms with Gasteiger partial charge in [-0.15, -0.1) is 0 Å². The summed E-state index contributed by atoms with van der Waals surface area (Å²) in [6.45, 7) is 1.67. The number of anilines is 3. The molecule has 7 heteroatoms. The van der Waals surface area contributed by atoms with E-state index in [1.54, 1.807) is 12.1 Å². The van der Waals surface area contributed by atoms with Gasteiger partial charge in [0.15, 0.2) is 5.11 Å². The molecule has 0 aromatic heterocycles. The van der Waals surface area contributed by atoms with Gasteiger partial charge in [-0.2, -0.15) is 8.78 Å². The van der Waals surface area contributed by atoms with E-state index >= 15 is 0 Å². The Morgan fingerprint density at radius 3 is 2.04 bits per heavy atom. The molecule has 27 heavy (non-hydrogen) atoms. The highest BCUT2D eigenvalue weighted by Gasteiger charge is 2.15. The van der Waals surface area contributed by atoms with Gasteiger partial charge in [-0.3, -0.25) is 0 Å². The van der Waals surface area contributed by atoms with Crippen molar-refractivity contribution >= 4 is 34.4 Å². The third-order valence-corrected chi connectivity index (χ3v) is 4.82. The van der Waals surface area contributed by atoms with Crippen LogP contribution >= 0.6 is 12.2 Å². The van der Waals surface area contributed by atoms with E-state index in [-0.39, 0.29) is 5.75 Å². The predicted molar refractivity (Wildman–Crippen MR) is 110 cm³/mol. The van der Waals surface area contributed by atoms with E-state index in [9.17, 15) is 8.78 Å². The quantitative estimate of drug-likeness (QED) is 0.674. The van der Waals surface area contributed by atoms with Gasteiger partial charge in [-0.1, -0.05) is 6.92 Å². The van der Waals surface area contributed by atoms with Gasteiger partial charge in [-0.25, -0.2) is 0 Å². The number of ether oxygens (including phenoxy) is 1. The van der Waals surface area contributed by atoms with Crippen molar-refractivity contribution in [1.29, 1.82) is 0 Å². The summed E-state index contributed by atoms with van der Waals surface area (Å²) < 4.78 is 28.7. The molecule has 3 rings (SSSR count). The number of benzene rings is 2. The Labute approximate surface area is 163 Å². The molecule has 1 aliphatic rings. The molecule has 1 aliphatic heterocycles. The number of nitrogens with one attached hydrogen (secondary N) is 2. The Morgan fingerprint density at radius 1 is 1.00 bits per heavy atom. The van der Waals surface area contributed by atoms with Crippen molar-refractivity contribution in [3.8, 4) is 5.75 Å². The molecule has 1 heterocycles. The van der Waals surface area contributed by atoms with E-state index in [1.807, 2.05) is 12.1 Å². The second-order valence-corrected chi connectivity index (χ2v) is 7.11. The number of rotatable bonds is 5. The van der Waals surface area contributed by atoms with Crippen molar-refractivity contribution in [2.45, 2.75) is 26.4 Å². The average molecular weight is 391 g/mol. The molecule has 144 valence electrons. The van der Waals surface area contributed by atoms with Gasteiger partial charge in [0.2, 0.25) is 0 Å². The number of halogens is 2. The first-order valence-electron chi connectivity index (χ1n) is 8.97. The minimum absolute atomic E-state index is 0.108. The van der Waals surface area contributed by atoms with E-state index in [2.05, 4.69) is 39.3 Å². The maximum atomic E-state index is 12.2. The first-order valence-corrected chi connectivity index (χ1v) is 9.38. The monoisotopic (exact) mass is 391 g/mol. The first kappa shape index (κ1) is 19.4. The maximum Gasteiger partial charge on any atom is 0.387 e. The van der Waals surface area contributed by atoms with Gasteiger partial charge in [0.25, 0.3) is 0 Å². The molecular weight excluding hydrogens is 368 g/mol. The Morgan fingerprint density at radius 2 is 1.52 bits per heavy atom. The zero-order valence-corrected chi connectivity index (χ0v) is 15.9. The van der Waals surface area contributed by atoms with Crippen LogP contribution in [0.2, 0.25) is 0 Å². The van der Waals surface area contributed by atoms with Crippen LogP contribution in [-0.4, -0.2) is 24.8 Å². The lowest BCUT2D eigenvalue weighted by molar-refractivity contribution is -0.0498. The fraction of sp³-hybridized carbons (Fsp3) is 0.350. The topological polar surface area (TPSA) is 36.5 Å². The summed E-state index contributed by atoms with van der Waals surface area (Å²) in [6, 6.07) is 14.4. The number of hydrogen-bond acceptors (Lipinski definition) is 3. The van der Waals surface area contributed by atoms with Gasteiger partial charge < -0.3 is 20.3 Å². The fourth-order valence-corrected chi connectivity index (χ4v) is 3.27. The van der Waals surface area contributed by atoms with Crippen molar-refractivity contribution in [3.05, 3.63) is 48.5 Å². The van der Waals surface area contributed by atoms with Gasteiger partial charge in [-0.05, 0) is 79.5 Å². The highest BCUT2D eigenvalue weighted by Crippen LogP contribution is 2.24. The summed E-state index contributed by atoms with van der Waals surface area (Å²) >= 11 is 5.31. The summed E-state index contributed by atoms with van der Waals surface area (Å²) in [5, 5.41) is 6.57. The van der Waals surface area contributed by atoms with Gasteiger partial charge in [0.1, 0.15) is 5.75 Å². The molecule has 2 N–H and O–H groups in total. The van der Waals surface area contributed by atoms with E-state index in [4.69, 9.17) is 12.2 Å². The van der Waals surface area contributed by atoms with Crippen LogP contribution < -0.4 is 20.3 Å². The minimum Gasteiger partial charge on any atom is -0.435 e. The molecule has 4 nitrogen and oxygen atoms in total. The molecule has 1 fully saturated rings. The van der Waals surface area contributed by atoms with E-state index in [1.165, 1.54) is 30.7 Å². The summed E-state index contributed by atoms with van der Waals surface area (Å²) in [4.78, 5) is 2.41. The van der Waals surface area contributed by atoms with Crippen LogP contribution in [0.5, 0.6) is 5.75 Å². The van der Waals surface area contributed by atoms with Crippen LogP contribution in [-0.2, 0) is 0 Å². The molecule has 0 unspecified atom stereocenters. The predicted octanol–water partition coefficient (Wildman–Crippen LogP) is 5.33. The lowest BCUT2D eigenvalue weighted by Crippen LogP contribution is -2.32. The molecule has 2 aromatic carbocycles. The lowest BCUT2D eigenvalue weighted by Gasteiger charge is -2.32. The molecule has 0 bridgehead atoms. The molecule has 0 saturated carbocycles. The van der Waals surface area contributed by atoms with Crippen LogP contribution in [0.25, 0.3) is 0 Å². The Bertz CT molecular complexity index is 745. The number of nitrogens with zero attached hydrogens (tertiary/aromatic N) is 1. The lowest BCUT2D eigenvalue weighted by atomic mass is 9.99. The molecule has 0 atom stereocenters. The van der Waals surface area contributed by atoms with Crippen molar-refractivity contribution in [2.75, 3.05) is 28.6 Å². The molecule has 0 spiro atoms. The van der Waals surface area contributed by atoms with Crippen LogP contribution in [0, 0.1) is 5.92 Å². The molecule has 2 aromatic rings. The van der Waals surface area contributed by atoms with Gasteiger partial charge in [0, 0.05) is 30.2 Å². The van der Waals surface area contributed by atoms with Crippen LogP contribution in [0.15, 0.2) is 48.5 Å². The molecule has 1 saturated heterocycles. The summed E-state index contributed by atoms with van der Waals surface area (Å²) in [5.41, 5.74) is 2.80. The van der Waals surface area contributed by atoms with Crippen LogP contribution in [0.4, 0.5) is 25.8 Å². The van der Waals surface area contributed by atoms with Gasteiger partial charge >= 0.3 is 6.61 Å². The Kier molecular flexibility index (Phi) is 6.45. The number of alkyl halides is 2. The normalized spacial score (nSPS) is 14.9. The van der Waals surface area contributed by atoms with Crippen molar-refractivity contribution in [2.24, 2.45) is 5.92 Å².